The minimum absolute atomic E-state index is 0.122. The Morgan fingerprint density at radius 1 is 1.17 bits per heavy atom. The molecule has 0 radical (unpaired) electrons. The number of carbonyl (C=O) groups excluding carboxylic acids is 1. The molecule has 3 heterocycles. The van der Waals surface area contributed by atoms with Crippen LogP contribution in [0.25, 0.3) is 5.65 Å². The fourth-order valence-corrected chi connectivity index (χ4v) is 3.09. The monoisotopic (exact) mass is 325 g/mol. The number of hydrogen-bond acceptors (Lipinski definition) is 3. The highest BCUT2D eigenvalue weighted by Gasteiger charge is 2.33. The van der Waals surface area contributed by atoms with Crippen molar-refractivity contribution < 1.29 is 9.18 Å². The number of anilines is 1. The van der Waals surface area contributed by atoms with Gasteiger partial charge in [-0.15, -0.1) is 10.2 Å². The predicted molar refractivity (Wildman–Crippen MR) is 87.1 cm³/mol. The van der Waals surface area contributed by atoms with E-state index in [1.165, 1.54) is 12.1 Å². The molecule has 7 heteroatoms. The van der Waals surface area contributed by atoms with E-state index >= 15 is 0 Å². The Morgan fingerprint density at radius 3 is 2.83 bits per heavy atom. The molecule has 1 aromatic carbocycles. The molecule has 1 fully saturated rings. The van der Waals surface area contributed by atoms with Crippen LogP contribution in [-0.4, -0.2) is 32.1 Å². The topological polar surface area (TPSA) is 62.5 Å². The number of halogens is 1. The van der Waals surface area contributed by atoms with Gasteiger partial charge in [-0.05, 0) is 49.2 Å². The van der Waals surface area contributed by atoms with Gasteiger partial charge in [-0.1, -0.05) is 6.07 Å². The van der Waals surface area contributed by atoms with E-state index in [0.29, 0.717) is 12.2 Å². The molecule has 122 valence electrons. The first-order valence-corrected chi connectivity index (χ1v) is 7.85. The Kier molecular flexibility index (Phi) is 3.60. The lowest BCUT2D eigenvalue weighted by Crippen LogP contribution is -2.35. The summed E-state index contributed by atoms with van der Waals surface area (Å²) >= 11 is 0. The second kappa shape index (κ2) is 5.92. The van der Waals surface area contributed by atoms with Crippen LogP contribution in [0.3, 0.4) is 0 Å². The van der Waals surface area contributed by atoms with E-state index < -0.39 is 0 Å². The van der Waals surface area contributed by atoms with Crippen molar-refractivity contribution in [3.8, 4) is 0 Å². The fraction of sp³-hybridized carbons (Fsp3) is 0.235. The smallest absolute Gasteiger partial charge is 0.314 e. The highest BCUT2D eigenvalue weighted by molar-refractivity contribution is 5.89. The lowest BCUT2D eigenvalue weighted by molar-refractivity contribution is 0.204. The van der Waals surface area contributed by atoms with E-state index in [0.717, 1.165) is 24.3 Å². The van der Waals surface area contributed by atoms with E-state index in [4.69, 9.17) is 0 Å². The summed E-state index contributed by atoms with van der Waals surface area (Å²) in [5.41, 5.74) is 1.33. The summed E-state index contributed by atoms with van der Waals surface area (Å²) in [4.78, 5) is 14.4. The molecule has 3 aromatic rings. The molecule has 1 N–H and O–H groups in total. The first-order chi connectivity index (χ1) is 11.7. The number of nitrogens with one attached hydrogen (secondary N) is 1. The largest absolute Gasteiger partial charge is 0.322 e. The van der Waals surface area contributed by atoms with Crippen molar-refractivity contribution in [2.75, 3.05) is 11.9 Å². The molecule has 1 aliphatic heterocycles. The van der Waals surface area contributed by atoms with Gasteiger partial charge in [-0.25, -0.2) is 9.18 Å². The number of benzene rings is 1. The molecule has 0 unspecified atom stereocenters. The van der Waals surface area contributed by atoms with Gasteiger partial charge >= 0.3 is 6.03 Å². The van der Waals surface area contributed by atoms with Crippen LogP contribution in [-0.2, 0) is 0 Å². The molecular formula is C17H16FN5O. The molecule has 2 amide bonds. The lowest BCUT2D eigenvalue weighted by Gasteiger charge is -2.23. The number of carbonyl (C=O) groups is 1. The molecule has 1 aliphatic rings. The highest BCUT2D eigenvalue weighted by Crippen LogP contribution is 2.31. The molecular weight excluding hydrogens is 309 g/mol. The number of nitrogens with zero attached hydrogens (tertiary/aromatic N) is 4. The summed E-state index contributed by atoms with van der Waals surface area (Å²) in [7, 11) is 0. The highest BCUT2D eigenvalue weighted by atomic mass is 19.1. The molecule has 24 heavy (non-hydrogen) atoms. The van der Waals surface area contributed by atoms with Crippen molar-refractivity contribution in [1.82, 2.24) is 19.5 Å². The van der Waals surface area contributed by atoms with Gasteiger partial charge in [0.1, 0.15) is 5.82 Å². The number of pyridine rings is 1. The van der Waals surface area contributed by atoms with E-state index in [9.17, 15) is 9.18 Å². The minimum atomic E-state index is -0.332. The first kappa shape index (κ1) is 14.6. The fourth-order valence-electron chi connectivity index (χ4n) is 3.09. The van der Waals surface area contributed by atoms with Crippen molar-refractivity contribution in [2.45, 2.75) is 18.9 Å². The maximum absolute atomic E-state index is 13.0. The van der Waals surface area contributed by atoms with Gasteiger partial charge in [0.25, 0.3) is 0 Å². The zero-order valence-corrected chi connectivity index (χ0v) is 12.9. The van der Waals surface area contributed by atoms with Crippen LogP contribution >= 0.6 is 0 Å². The third-order valence-corrected chi connectivity index (χ3v) is 4.25. The second-order valence-electron chi connectivity index (χ2n) is 5.78. The Morgan fingerprint density at radius 2 is 2.00 bits per heavy atom. The maximum Gasteiger partial charge on any atom is 0.322 e. The summed E-state index contributed by atoms with van der Waals surface area (Å²) in [6, 6.07) is 11.1. The molecule has 2 aromatic heterocycles. The summed E-state index contributed by atoms with van der Waals surface area (Å²) in [6.07, 6.45) is 3.65. The van der Waals surface area contributed by atoms with E-state index in [2.05, 4.69) is 15.5 Å². The summed E-state index contributed by atoms with van der Waals surface area (Å²) in [5, 5.41) is 11.2. The molecule has 0 bridgehead atoms. The van der Waals surface area contributed by atoms with Gasteiger partial charge in [-0.2, -0.15) is 0 Å². The number of hydrogen-bond donors (Lipinski definition) is 1. The molecule has 1 atom stereocenters. The summed E-state index contributed by atoms with van der Waals surface area (Å²) in [6.45, 7) is 0.652. The average Bonchev–Trinajstić information content (AvgIpc) is 3.23. The Bertz CT molecular complexity index is 876. The molecule has 0 spiro atoms. The number of amides is 2. The van der Waals surface area contributed by atoms with Crippen molar-refractivity contribution >= 4 is 17.4 Å². The Labute approximate surface area is 137 Å². The van der Waals surface area contributed by atoms with Crippen LogP contribution in [0.1, 0.15) is 24.7 Å². The van der Waals surface area contributed by atoms with Crippen LogP contribution in [0.15, 0.2) is 48.7 Å². The average molecular weight is 325 g/mol. The molecule has 4 rings (SSSR count). The number of aromatic nitrogens is 3. The maximum atomic E-state index is 13.0. The quantitative estimate of drug-likeness (QED) is 0.787. The first-order valence-electron chi connectivity index (χ1n) is 7.85. The zero-order valence-electron chi connectivity index (χ0n) is 12.9. The SMILES string of the molecule is O=C(Nc1ccc(F)cc1)N1CCC[C@H]1c1nnc2ccccn12. The van der Waals surface area contributed by atoms with Crippen LogP contribution in [0.5, 0.6) is 0 Å². The van der Waals surface area contributed by atoms with Gasteiger partial charge in [0.05, 0.1) is 6.04 Å². The third kappa shape index (κ3) is 2.58. The van der Waals surface area contributed by atoms with Gasteiger partial charge in [-0.3, -0.25) is 4.40 Å². The van der Waals surface area contributed by atoms with Crippen LogP contribution in [0, 0.1) is 5.82 Å². The van der Waals surface area contributed by atoms with Gasteiger partial charge < -0.3 is 10.2 Å². The second-order valence-corrected chi connectivity index (χ2v) is 5.78. The van der Waals surface area contributed by atoms with Gasteiger partial charge in [0.15, 0.2) is 11.5 Å². The van der Waals surface area contributed by atoms with Gasteiger partial charge in [0.2, 0.25) is 0 Å². The van der Waals surface area contributed by atoms with Crippen LogP contribution < -0.4 is 5.32 Å². The van der Waals surface area contributed by atoms with Crippen LogP contribution in [0.2, 0.25) is 0 Å². The standard InChI is InChI=1S/C17H16FN5O/c18-12-6-8-13(9-7-12)19-17(24)22-11-3-4-14(22)16-21-20-15-5-1-2-10-23(15)16/h1-2,5-10,14H,3-4,11H2,(H,19,24)/t14-/m0/s1. The number of likely N-dealkylation sites (tertiary alicyclic amines) is 1. The molecule has 1 saturated heterocycles. The third-order valence-electron chi connectivity index (χ3n) is 4.25. The minimum Gasteiger partial charge on any atom is -0.314 e. The predicted octanol–water partition coefficient (Wildman–Crippen LogP) is 3.24. The number of urea groups is 1. The normalized spacial score (nSPS) is 17.4. The van der Waals surface area contributed by atoms with E-state index in [-0.39, 0.29) is 17.9 Å². The summed E-state index contributed by atoms with van der Waals surface area (Å²) < 4.78 is 14.9. The zero-order chi connectivity index (χ0) is 16.5. The number of fused-ring (bicyclic) bond motifs is 1. The molecule has 6 nitrogen and oxygen atoms in total. The van der Waals surface area contributed by atoms with Crippen molar-refractivity contribution in [1.29, 1.82) is 0 Å². The lowest BCUT2D eigenvalue weighted by atomic mass is 10.2. The Hall–Kier alpha value is -2.96. The van der Waals surface area contributed by atoms with Crippen LogP contribution in [0.4, 0.5) is 14.9 Å². The van der Waals surface area contributed by atoms with Gasteiger partial charge in [0, 0.05) is 18.4 Å². The molecule has 0 aliphatic carbocycles. The van der Waals surface area contributed by atoms with E-state index in [1.807, 2.05) is 28.8 Å². The van der Waals surface area contributed by atoms with Crippen molar-refractivity contribution in [3.63, 3.8) is 0 Å². The van der Waals surface area contributed by atoms with Crippen molar-refractivity contribution in [2.24, 2.45) is 0 Å². The van der Waals surface area contributed by atoms with E-state index in [1.54, 1.807) is 17.0 Å². The number of rotatable bonds is 2. The summed E-state index contributed by atoms with van der Waals surface area (Å²) in [5.74, 6) is 0.430. The Balaban J connectivity index is 1.58. The molecule has 0 saturated carbocycles. The van der Waals surface area contributed by atoms with Crippen molar-refractivity contribution in [3.05, 3.63) is 60.3 Å².